The van der Waals surface area contributed by atoms with E-state index in [0.29, 0.717) is 5.92 Å². The van der Waals surface area contributed by atoms with E-state index in [2.05, 4.69) is 26.0 Å². The van der Waals surface area contributed by atoms with Gasteiger partial charge in [-0.05, 0) is 35.7 Å². The maximum absolute atomic E-state index is 8.85. The molecule has 0 unspecified atom stereocenters. The average Bonchev–Trinajstić information content (AvgIpc) is 2.40. The van der Waals surface area contributed by atoms with Gasteiger partial charge < -0.3 is 9.76 Å². The first-order valence-electron chi connectivity index (χ1n) is 6.04. The van der Waals surface area contributed by atoms with Crippen molar-refractivity contribution in [2.24, 2.45) is 0 Å². The summed E-state index contributed by atoms with van der Waals surface area (Å²) in [4.78, 5) is 0. The predicted octanol–water partition coefficient (Wildman–Crippen LogP) is 2.84. The Kier molecular flexibility index (Phi) is 4.05. The van der Waals surface area contributed by atoms with Crippen molar-refractivity contribution in [1.82, 2.24) is 0 Å². The van der Waals surface area contributed by atoms with Crippen molar-refractivity contribution >= 4 is 12.9 Å². The van der Waals surface area contributed by atoms with Crippen molar-refractivity contribution in [3.05, 3.63) is 54.1 Å². The lowest BCUT2D eigenvalue weighted by atomic mass is 9.89. The maximum Gasteiger partial charge on any atom is 0.326 e. The van der Waals surface area contributed by atoms with Gasteiger partial charge in [-0.3, -0.25) is 0 Å². The molecule has 1 N–H and O–H groups in total. The predicted molar refractivity (Wildman–Crippen MR) is 74.7 cm³/mol. The third kappa shape index (κ3) is 3.14. The van der Waals surface area contributed by atoms with Crippen molar-refractivity contribution in [3.8, 4) is 11.5 Å². The van der Waals surface area contributed by atoms with Gasteiger partial charge in [0.25, 0.3) is 0 Å². The zero-order valence-electron chi connectivity index (χ0n) is 10.6. The van der Waals surface area contributed by atoms with Gasteiger partial charge >= 0.3 is 7.48 Å². The van der Waals surface area contributed by atoms with Gasteiger partial charge in [0.05, 0.1) is 0 Å². The molecule has 0 heterocycles. The smallest absolute Gasteiger partial charge is 0.326 e. The fraction of sp³-hybridized carbons (Fsp3) is 0.200. The van der Waals surface area contributed by atoms with Crippen molar-refractivity contribution < 1.29 is 9.76 Å². The molecule has 18 heavy (non-hydrogen) atoms. The minimum Gasteiger partial charge on any atom is -0.457 e. The van der Waals surface area contributed by atoms with Gasteiger partial charge in [-0.2, -0.15) is 0 Å². The third-order valence-corrected chi connectivity index (χ3v) is 2.79. The first-order valence-corrected chi connectivity index (χ1v) is 6.04. The summed E-state index contributed by atoms with van der Waals surface area (Å²) in [5.41, 5.74) is 2.02. The number of rotatable bonds is 4. The van der Waals surface area contributed by atoms with Crippen molar-refractivity contribution in [2.45, 2.75) is 19.8 Å². The van der Waals surface area contributed by atoms with Gasteiger partial charge in [0, 0.05) is 0 Å². The Labute approximate surface area is 109 Å². The molecule has 2 rings (SSSR count). The zero-order valence-corrected chi connectivity index (χ0v) is 10.6. The van der Waals surface area contributed by atoms with Crippen LogP contribution in [-0.2, 0) is 0 Å². The Hall–Kier alpha value is -1.74. The van der Waals surface area contributed by atoms with Crippen LogP contribution in [0.25, 0.3) is 0 Å². The summed E-state index contributed by atoms with van der Waals surface area (Å²) in [5, 5.41) is 8.85. The Morgan fingerprint density at radius 1 is 1.00 bits per heavy atom. The number of hydrogen-bond donors (Lipinski definition) is 1. The van der Waals surface area contributed by atoms with Gasteiger partial charge in [-0.15, -0.1) is 0 Å². The van der Waals surface area contributed by atoms with E-state index in [1.54, 1.807) is 0 Å². The Morgan fingerprint density at radius 3 is 2.33 bits per heavy atom. The van der Waals surface area contributed by atoms with Crippen LogP contribution >= 0.6 is 0 Å². The summed E-state index contributed by atoms with van der Waals surface area (Å²) in [6, 6.07) is 15.4. The average molecular weight is 239 g/mol. The van der Waals surface area contributed by atoms with Crippen LogP contribution in [0.5, 0.6) is 11.5 Å². The van der Waals surface area contributed by atoms with Crippen LogP contribution in [0.15, 0.2) is 48.5 Å². The largest absolute Gasteiger partial charge is 0.457 e. The lowest BCUT2D eigenvalue weighted by Gasteiger charge is -2.09. The van der Waals surface area contributed by atoms with Crippen LogP contribution in [0.4, 0.5) is 0 Å². The SMILES string of the molecule is CC(C)c1cccc(Oc2ccc([B]O)cc2)c1. The molecule has 0 aliphatic carbocycles. The van der Waals surface area contributed by atoms with E-state index >= 15 is 0 Å². The van der Waals surface area contributed by atoms with E-state index in [0.717, 1.165) is 24.4 Å². The molecule has 0 saturated heterocycles. The second kappa shape index (κ2) is 5.74. The number of ether oxygens (including phenoxy) is 1. The highest BCUT2D eigenvalue weighted by Gasteiger charge is 2.02. The highest BCUT2D eigenvalue weighted by Crippen LogP contribution is 2.24. The Bertz CT molecular complexity index is 506. The lowest BCUT2D eigenvalue weighted by Crippen LogP contribution is -2.11. The standard InChI is InChI=1S/C15H16BO2/c1-11(2)12-4-3-5-15(10-12)18-14-8-6-13(16-17)7-9-14/h3-11,17H,1-2H3. The molecule has 0 bridgehead atoms. The van der Waals surface area contributed by atoms with Crippen LogP contribution < -0.4 is 10.2 Å². The summed E-state index contributed by atoms with van der Waals surface area (Å²) in [7, 11) is 1.07. The normalized spacial score (nSPS) is 10.4. The van der Waals surface area contributed by atoms with Gasteiger partial charge in [-0.1, -0.05) is 43.6 Å². The van der Waals surface area contributed by atoms with E-state index in [-0.39, 0.29) is 0 Å². The highest BCUT2D eigenvalue weighted by atomic mass is 16.5. The molecular weight excluding hydrogens is 223 g/mol. The lowest BCUT2D eigenvalue weighted by molar-refractivity contribution is 0.481. The second-order valence-electron chi connectivity index (χ2n) is 4.53. The van der Waals surface area contributed by atoms with Gasteiger partial charge in [0.15, 0.2) is 0 Å². The molecule has 1 radical (unpaired) electrons. The van der Waals surface area contributed by atoms with Crippen molar-refractivity contribution in [2.75, 3.05) is 0 Å². The summed E-state index contributed by atoms with van der Waals surface area (Å²) < 4.78 is 5.77. The molecule has 2 aromatic carbocycles. The van der Waals surface area contributed by atoms with E-state index in [1.807, 2.05) is 36.4 Å². The van der Waals surface area contributed by atoms with Crippen LogP contribution in [-0.4, -0.2) is 12.5 Å². The summed E-state index contributed by atoms with van der Waals surface area (Å²) in [6.45, 7) is 4.32. The zero-order chi connectivity index (χ0) is 13.0. The monoisotopic (exact) mass is 239 g/mol. The summed E-state index contributed by atoms with van der Waals surface area (Å²) in [5.74, 6) is 2.09. The molecule has 91 valence electrons. The van der Waals surface area contributed by atoms with Crippen LogP contribution in [0.2, 0.25) is 0 Å². The molecule has 0 fully saturated rings. The van der Waals surface area contributed by atoms with Crippen LogP contribution in [0.3, 0.4) is 0 Å². The Balaban J connectivity index is 2.15. The van der Waals surface area contributed by atoms with Gasteiger partial charge in [0.1, 0.15) is 11.5 Å². The van der Waals surface area contributed by atoms with Crippen molar-refractivity contribution in [3.63, 3.8) is 0 Å². The molecule has 0 saturated carbocycles. The minimum absolute atomic E-state index is 0.486. The fourth-order valence-electron chi connectivity index (χ4n) is 1.70. The molecule has 2 aromatic rings. The molecule has 2 nitrogen and oxygen atoms in total. The molecule has 0 aromatic heterocycles. The first kappa shape index (κ1) is 12.7. The van der Waals surface area contributed by atoms with Gasteiger partial charge in [-0.25, -0.2) is 0 Å². The summed E-state index contributed by atoms with van der Waals surface area (Å²) >= 11 is 0. The van der Waals surface area contributed by atoms with Crippen LogP contribution in [0, 0.1) is 0 Å². The molecule has 0 spiro atoms. The quantitative estimate of drug-likeness (QED) is 0.831. The molecule has 0 amide bonds. The highest BCUT2D eigenvalue weighted by molar-refractivity contribution is 6.45. The number of hydrogen-bond acceptors (Lipinski definition) is 2. The van der Waals surface area contributed by atoms with E-state index in [1.165, 1.54) is 5.56 Å². The Morgan fingerprint density at radius 2 is 1.72 bits per heavy atom. The molecule has 0 aliphatic rings. The molecule has 3 heteroatoms. The van der Waals surface area contributed by atoms with E-state index < -0.39 is 0 Å². The first-order chi connectivity index (χ1) is 8.69. The summed E-state index contributed by atoms with van der Waals surface area (Å²) in [6.07, 6.45) is 0. The van der Waals surface area contributed by atoms with Gasteiger partial charge in [0.2, 0.25) is 0 Å². The van der Waals surface area contributed by atoms with E-state index in [9.17, 15) is 0 Å². The minimum atomic E-state index is 0.486. The van der Waals surface area contributed by atoms with Crippen LogP contribution in [0.1, 0.15) is 25.3 Å². The second-order valence-corrected chi connectivity index (χ2v) is 4.53. The maximum atomic E-state index is 8.85. The van der Waals surface area contributed by atoms with E-state index in [4.69, 9.17) is 9.76 Å². The molecular formula is C15H16BO2. The third-order valence-electron chi connectivity index (χ3n) is 2.79. The fourth-order valence-corrected chi connectivity index (χ4v) is 1.70. The van der Waals surface area contributed by atoms with Crippen molar-refractivity contribution in [1.29, 1.82) is 0 Å². The topological polar surface area (TPSA) is 29.5 Å². The molecule has 0 aliphatic heterocycles. The number of benzene rings is 2. The molecule has 0 atom stereocenters.